The van der Waals surface area contributed by atoms with Crippen molar-refractivity contribution in [2.75, 3.05) is 0 Å². The zero-order valence-corrected chi connectivity index (χ0v) is 27.6. The zero-order chi connectivity index (χ0) is 33.1. The summed E-state index contributed by atoms with van der Waals surface area (Å²) in [6.45, 7) is 0. The van der Waals surface area contributed by atoms with Crippen LogP contribution >= 0.6 is 0 Å². The van der Waals surface area contributed by atoms with E-state index in [1.165, 1.54) is 77.9 Å². The number of benzene rings is 8. The molecule has 0 N–H and O–H groups in total. The SMILES string of the molecule is c1ccc(C2(c3ccc(-c4cccc(C5(c6ccccc6)c6ccccc6-c6ccccc65)c4)cc3)c3ccccc3-c3ccccc32)cc1. The highest BCUT2D eigenvalue weighted by Crippen LogP contribution is 2.57. The smallest absolute Gasteiger partial charge is 0.0622 e. The van der Waals surface area contributed by atoms with Crippen LogP contribution in [0.25, 0.3) is 33.4 Å². The lowest BCUT2D eigenvalue weighted by molar-refractivity contribution is 0.768. The van der Waals surface area contributed by atoms with E-state index in [0.717, 1.165) is 0 Å². The van der Waals surface area contributed by atoms with Crippen molar-refractivity contribution in [3.05, 3.63) is 251 Å². The van der Waals surface area contributed by atoms with Gasteiger partial charge in [-0.05, 0) is 84.0 Å². The molecule has 0 unspecified atom stereocenters. The molecule has 8 aromatic carbocycles. The standard InChI is InChI=1S/C50H34/c1-3-17-37(18-4-1)49(45-26-11-7-22-41(45)42-23-8-12-27-46(42)49)39-32-30-35(31-33-39)36-16-15-21-40(34-36)50(38-19-5-2-6-20-38)47-28-13-9-24-43(47)44-25-10-14-29-48(44)50/h1-34H. The molecule has 2 aliphatic carbocycles. The van der Waals surface area contributed by atoms with E-state index in [-0.39, 0.29) is 0 Å². The molecule has 0 radical (unpaired) electrons. The number of hydrogen-bond donors (Lipinski definition) is 0. The van der Waals surface area contributed by atoms with Crippen LogP contribution in [0.3, 0.4) is 0 Å². The molecular weight excluding hydrogens is 601 g/mol. The molecule has 0 fully saturated rings. The largest absolute Gasteiger partial charge is 0.0713 e. The van der Waals surface area contributed by atoms with Gasteiger partial charge in [0.05, 0.1) is 10.8 Å². The predicted octanol–water partition coefficient (Wildman–Crippen LogP) is 12.1. The van der Waals surface area contributed by atoms with Gasteiger partial charge in [-0.25, -0.2) is 0 Å². The first-order valence-electron chi connectivity index (χ1n) is 17.5. The van der Waals surface area contributed by atoms with Crippen LogP contribution in [0.4, 0.5) is 0 Å². The Morgan fingerprint density at radius 1 is 0.220 bits per heavy atom. The summed E-state index contributed by atoms with van der Waals surface area (Å²) in [6, 6.07) is 76.5. The molecule has 8 aromatic rings. The number of fused-ring (bicyclic) bond motifs is 6. The third-order valence-electron chi connectivity index (χ3n) is 11.3. The van der Waals surface area contributed by atoms with Crippen molar-refractivity contribution < 1.29 is 0 Å². The van der Waals surface area contributed by atoms with Crippen molar-refractivity contribution in [3.8, 4) is 33.4 Å². The molecule has 0 bridgehead atoms. The third-order valence-corrected chi connectivity index (χ3v) is 11.3. The van der Waals surface area contributed by atoms with Gasteiger partial charge in [0, 0.05) is 0 Å². The molecule has 0 nitrogen and oxygen atoms in total. The van der Waals surface area contributed by atoms with Crippen LogP contribution in [0.5, 0.6) is 0 Å². The summed E-state index contributed by atoms with van der Waals surface area (Å²) in [4.78, 5) is 0. The molecular formula is C50H34. The summed E-state index contributed by atoms with van der Waals surface area (Å²) in [6.07, 6.45) is 0. The summed E-state index contributed by atoms with van der Waals surface area (Å²) in [7, 11) is 0. The second-order valence-electron chi connectivity index (χ2n) is 13.6. The van der Waals surface area contributed by atoms with Gasteiger partial charge in [0.2, 0.25) is 0 Å². The van der Waals surface area contributed by atoms with Crippen molar-refractivity contribution in [3.63, 3.8) is 0 Å². The molecule has 0 heterocycles. The minimum Gasteiger partial charge on any atom is -0.0622 e. The Hall–Kier alpha value is -6.24. The first kappa shape index (κ1) is 28.7. The van der Waals surface area contributed by atoms with Gasteiger partial charge in [-0.2, -0.15) is 0 Å². The van der Waals surface area contributed by atoms with Crippen molar-refractivity contribution >= 4 is 0 Å². The molecule has 0 saturated heterocycles. The molecule has 0 aliphatic heterocycles. The summed E-state index contributed by atoms with van der Waals surface area (Å²) in [5, 5.41) is 0. The fourth-order valence-electron chi connectivity index (χ4n) is 9.27. The van der Waals surface area contributed by atoms with Gasteiger partial charge in [-0.15, -0.1) is 0 Å². The third kappa shape index (κ3) is 3.88. The molecule has 0 spiro atoms. The summed E-state index contributed by atoms with van der Waals surface area (Å²) in [5.74, 6) is 0. The monoisotopic (exact) mass is 634 g/mol. The van der Waals surface area contributed by atoms with Gasteiger partial charge < -0.3 is 0 Å². The van der Waals surface area contributed by atoms with Crippen molar-refractivity contribution in [1.82, 2.24) is 0 Å². The van der Waals surface area contributed by atoms with Crippen molar-refractivity contribution in [2.45, 2.75) is 10.8 Å². The maximum absolute atomic E-state index is 2.42. The van der Waals surface area contributed by atoms with E-state index in [4.69, 9.17) is 0 Å². The summed E-state index contributed by atoms with van der Waals surface area (Å²) in [5.41, 5.74) is 17.3. The van der Waals surface area contributed by atoms with Gasteiger partial charge in [-0.1, -0.05) is 200 Å². The Labute approximate surface area is 294 Å². The Morgan fingerprint density at radius 2 is 0.560 bits per heavy atom. The average Bonchev–Trinajstić information content (AvgIpc) is 3.68. The Balaban J connectivity index is 1.16. The Morgan fingerprint density at radius 3 is 1.00 bits per heavy atom. The highest BCUT2D eigenvalue weighted by Gasteiger charge is 2.47. The first-order chi connectivity index (χ1) is 24.8. The molecule has 50 heavy (non-hydrogen) atoms. The zero-order valence-electron chi connectivity index (χ0n) is 27.6. The number of hydrogen-bond acceptors (Lipinski definition) is 0. The van der Waals surface area contributed by atoms with Crippen molar-refractivity contribution in [2.24, 2.45) is 0 Å². The van der Waals surface area contributed by atoms with Gasteiger partial charge in [0.25, 0.3) is 0 Å². The van der Waals surface area contributed by atoms with E-state index in [1.54, 1.807) is 0 Å². The first-order valence-corrected chi connectivity index (χ1v) is 17.5. The van der Waals surface area contributed by atoms with E-state index in [9.17, 15) is 0 Å². The molecule has 0 amide bonds. The van der Waals surface area contributed by atoms with Crippen LogP contribution in [0.15, 0.2) is 206 Å². The summed E-state index contributed by atoms with van der Waals surface area (Å²) >= 11 is 0. The van der Waals surface area contributed by atoms with Gasteiger partial charge in [0.15, 0.2) is 0 Å². The molecule has 0 heteroatoms. The van der Waals surface area contributed by atoms with E-state index in [1.807, 2.05) is 0 Å². The number of rotatable bonds is 5. The van der Waals surface area contributed by atoms with E-state index < -0.39 is 10.8 Å². The second kappa shape index (κ2) is 11.2. The van der Waals surface area contributed by atoms with Crippen molar-refractivity contribution in [1.29, 1.82) is 0 Å². The van der Waals surface area contributed by atoms with Gasteiger partial charge >= 0.3 is 0 Å². The van der Waals surface area contributed by atoms with Gasteiger partial charge in [0.1, 0.15) is 0 Å². The van der Waals surface area contributed by atoms with E-state index >= 15 is 0 Å². The Kier molecular flexibility index (Phi) is 6.41. The van der Waals surface area contributed by atoms with Crippen LogP contribution < -0.4 is 0 Å². The average molecular weight is 635 g/mol. The lowest BCUT2D eigenvalue weighted by Crippen LogP contribution is -2.28. The quantitative estimate of drug-likeness (QED) is 0.177. The molecule has 0 saturated carbocycles. The maximum atomic E-state index is 2.42. The molecule has 2 aliphatic rings. The van der Waals surface area contributed by atoms with E-state index in [2.05, 4.69) is 206 Å². The fourth-order valence-corrected chi connectivity index (χ4v) is 9.27. The highest BCUT2D eigenvalue weighted by molar-refractivity contribution is 5.88. The fraction of sp³-hybridized carbons (Fsp3) is 0.0400. The van der Waals surface area contributed by atoms with Crippen LogP contribution in [-0.4, -0.2) is 0 Å². The highest BCUT2D eigenvalue weighted by atomic mass is 14.5. The molecule has 234 valence electrons. The topological polar surface area (TPSA) is 0 Å². The van der Waals surface area contributed by atoms with Gasteiger partial charge in [-0.3, -0.25) is 0 Å². The molecule has 10 rings (SSSR count). The second-order valence-corrected chi connectivity index (χ2v) is 13.6. The van der Waals surface area contributed by atoms with Crippen LogP contribution in [0.2, 0.25) is 0 Å². The summed E-state index contributed by atoms with van der Waals surface area (Å²) < 4.78 is 0. The lowest BCUT2D eigenvalue weighted by atomic mass is 9.67. The maximum Gasteiger partial charge on any atom is 0.0713 e. The Bertz CT molecular complexity index is 2430. The molecule has 0 atom stereocenters. The normalized spacial score (nSPS) is 14.3. The minimum atomic E-state index is -0.418. The van der Waals surface area contributed by atoms with Crippen LogP contribution in [-0.2, 0) is 10.8 Å². The molecule has 0 aromatic heterocycles. The van der Waals surface area contributed by atoms with E-state index in [0.29, 0.717) is 0 Å². The minimum absolute atomic E-state index is 0.399. The van der Waals surface area contributed by atoms with Crippen LogP contribution in [0.1, 0.15) is 44.5 Å². The predicted molar refractivity (Wildman–Crippen MR) is 206 cm³/mol. The van der Waals surface area contributed by atoms with Crippen LogP contribution in [0, 0.1) is 0 Å². The lowest BCUT2D eigenvalue weighted by Gasteiger charge is -2.34.